The molecule has 0 atom stereocenters. The number of halogens is 3. The monoisotopic (exact) mass is 369 g/mol. The van der Waals surface area contributed by atoms with E-state index in [0.29, 0.717) is 10.9 Å². The molecule has 0 unspecified atom stereocenters. The van der Waals surface area contributed by atoms with Crippen LogP contribution in [0.15, 0.2) is 50.7 Å². The number of rotatable bonds is 5. The Labute approximate surface area is 135 Å². The van der Waals surface area contributed by atoms with Crippen LogP contribution >= 0.6 is 27.7 Å². The summed E-state index contributed by atoms with van der Waals surface area (Å²) in [7, 11) is 0. The van der Waals surface area contributed by atoms with E-state index in [1.54, 1.807) is 0 Å². The van der Waals surface area contributed by atoms with Crippen LogP contribution in [-0.2, 0) is 6.54 Å². The van der Waals surface area contributed by atoms with Gasteiger partial charge < -0.3 is 5.32 Å². The molecule has 1 N–H and O–H groups in total. The Balaban J connectivity index is 1.72. The van der Waals surface area contributed by atoms with Crippen molar-refractivity contribution in [2.45, 2.75) is 35.2 Å². The van der Waals surface area contributed by atoms with E-state index in [0.717, 1.165) is 22.0 Å². The molecule has 0 bridgehead atoms. The first-order valence-corrected chi connectivity index (χ1v) is 8.37. The van der Waals surface area contributed by atoms with Crippen molar-refractivity contribution in [3.63, 3.8) is 0 Å². The van der Waals surface area contributed by atoms with Gasteiger partial charge >= 0.3 is 0 Å². The Morgan fingerprint density at radius 2 is 1.86 bits per heavy atom. The van der Waals surface area contributed by atoms with Crippen molar-refractivity contribution in [1.29, 1.82) is 0 Å². The summed E-state index contributed by atoms with van der Waals surface area (Å²) in [4.78, 5) is 1.33. The van der Waals surface area contributed by atoms with E-state index in [1.165, 1.54) is 42.3 Å². The number of hydrogen-bond acceptors (Lipinski definition) is 2. The van der Waals surface area contributed by atoms with Gasteiger partial charge in [-0.2, -0.15) is 0 Å². The van der Waals surface area contributed by atoms with Gasteiger partial charge in [-0.05, 0) is 58.6 Å². The molecule has 0 heterocycles. The summed E-state index contributed by atoms with van der Waals surface area (Å²) >= 11 is 4.81. The van der Waals surface area contributed by atoms with E-state index in [9.17, 15) is 8.78 Å². The third-order valence-electron chi connectivity index (χ3n) is 3.28. The van der Waals surface area contributed by atoms with Gasteiger partial charge in [0.05, 0.1) is 0 Å². The molecule has 2 aromatic rings. The second-order valence-electron chi connectivity index (χ2n) is 5.10. The van der Waals surface area contributed by atoms with Crippen molar-refractivity contribution < 1.29 is 8.78 Å². The molecule has 1 aliphatic carbocycles. The van der Waals surface area contributed by atoms with Gasteiger partial charge in [0.2, 0.25) is 0 Å². The van der Waals surface area contributed by atoms with E-state index in [4.69, 9.17) is 0 Å². The van der Waals surface area contributed by atoms with Gasteiger partial charge in [0.25, 0.3) is 0 Å². The van der Waals surface area contributed by atoms with Crippen LogP contribution in [-0.4, -0.2) is 6.04 Å². The molecule has 0 spiro atoms. The second-order valence-corrected chi connectivity index (χ2v) is 7.03. The summed E-state index contributed by atoms with van der Waals surface area (Å²) in [5, 5.41) is 3.46. The Kier molecular flexibility index (Phi) is 4.62. The maximum Gasteiger partial charge on any atom is 0.140 e. The average Bonchev–Trinajstić information content (AvgIpc) is 3.26. The molecule has 5 heteroatoms. The number of hydrogen-bond donors (Lipinski definition) is 1. The lowest BCUT2D eigenvalue weighted by Gasteiger charge is -2.09. The molecule has 110 valence electrons. The van der Waals surface area contributed by atoms with Gasteiger partial charge in [0.15, 0.2) is 0 Å². The molecule has 1 saturated carbocycles. The minimum atomic E-state index is -0.558. The summed E-state index contributed by atoms with van der Waals surface area (Å²) < 4.78 is 27.5. The first kappa shape index (κ1) is 15.0. The first-order valence-electron chi connectivity index (χ1n) is 6.76. The summed E-state index contributed by atoms with van der Waals surface area (Å²) in [6.07, 6.45) is 2.53. The maximum absolute atomic E-state index is 13.7. The van der Waals surface area contributed by atoms with Crippen molar-refractivity contribution in [3.05, 3.63) is 58.1 Å². The molecule has 0 aromatic heterocycles. The fourth-order valence-corrected chi connectivity index (χ4v) is 3.45. The highest BCUT2D eigenvalue weighted by molar-refractivity contribution is 9.10. The van der Waals surface area contributed by atoms with Gasteiger partial charge in [-0.15, -0.1) is 0 Å². The minimum absolute atomic E-state index is 0.418. The van der Waals surface area contributed by atoms with E-state index >= 15 is 0 Å². The van der Waals surface area contributed by atoms with Gasteiger partial charge in [-0.1, -0.05) is 17.8 Å². The average molecular weight is 370 g/mol. The lowest BCUT2D eigenvalue weighted by molar-refractivity contribution is 0.565. The van der Waals surface area contributed by atoms with Crippen LogP contribution in [0.5, 0.6) is 0 Å². The van der Waals surface area contributed by atoms with E-state index in [1.807, 2.05) is 18.2 Å². The summed E-state index contributed by atoms with van der Waals surface area (Å²) in [6, 6.07) is 10.3. The Morgan fingerprint density at radius 1 is 1.10 bits per heavy atom. The molecule has 3 rings (SSSR count). The Hall–Kier alpha value is -0.910. The van der Waals surface area contributed by atoms with Crippen LogP contribution in [0.4, 0.5) is 8.78 Å². The van der Waals surface area contributed by atoms with Crippen LogP contribution < -0.4 is 5.32 Å². The molecule has 2 aromatic carbocycles. The molecule has 0 aliphatic heterocycles. The molecule has 0 radical (unpaired) electrons. The predicted octanol–water partition coefficient (Wildman–Crippen LogP) is 5.13. The second kappa shape index (κ2) is 6.46. The molecule has 0 amide bonds. The van der Waals surface area contributed by atoms with Crippen LogP contribution in [0.1, 0.15) is 18.4 Å². The van der Waals surface area contributed by atoms with Crippen molar-refractivity contribution in [1.82, 2.24) is 5.32 Å². The van der Waals surface area contributed by atoms with Crippen LogP contribution in [0.2, 0.25) is 0 Å². The van der Waals surface area contributed by atoms with Crippen molar-refractivity contribution in [2.24, 2.45) is 0 Å². The third kappa shape index (κ3) is 4.05. The van der Waals surface area contributed by atoms with E-state index < -0.39 is 11.6 Å². The normalized spacial score (nSPS) is 14.4. The van der Waals surface area contributed by atoms with Crippen molar-refractivity contribution in [3.8, 4) is 0 Å². The predicted molar refractivity (Wildman–Crippen MR) is 84.5 cm³/mol. The van der Waals surface area contributed by atoms with Crippen LogP contribution in [0, 0.1) is 11.6 Å². The topological polar surface area (TPSA) is 12.0 Å². The highest BCUT2D eigenvalue weighted by atomic mass is 79.9. The lowest BCUT2D eigenvalue weighted by atomic mass is 10.2. The smallest absolute Gasteiger partial charge is 0.140 e. The standard InChI is InChI=1S/C16H14BrF2NS/c17-13-7-10(9-20-12-3-4-12)1-5-15(13)21-16-6-2-11(18)8-14(16)19/h1-2,5-8,12,20H,3-4,9H2. The first-order chi connectivity index (χ1) is 10.1. The molecular formula is C16H14BrF2NS. The summed E-state index contributed by atoms with van der Waals surface area (Å²) in [5.74, 6) is -1.09. The molecular weight excluding hydrogens is 356 g/mol. The molecule has 21 heavy (non-hydrogen) atoms. The molecule has 0 saturated heterocycles. The maximum atomic E-state index is 13.7. The van der Waals surface area contributed by atoms with E-state index in [2.05, 4.69) is 21.2 Å². The van der Waals surface area contributed by atoms with E-state index in [-0.39, 0.29) is 0 Å². The van der Waals surface area contributed by atoms with Gasteiger partial charge in [-0.3, -0.25) is 0 Å². The third-order valence-corrected chi connectivity index (χ3v) is 5.33. The largest absolute Gasteiger partial charge is 0.310 e. The number of nitrogens with one attached hydrogen (secondary N) is 1. The zero-order chi connectivity index (χ0) is 14.8. The Morgan fingerprint density at radius 3 is 2.52 bits per heavy atom. The summed E-state index contributed by atoms with van der Waals surface area (Å²) in [6.45, 7) is 0.846. The fraction of sp³-hybridized carbons (Fsp3) is 0.250. The molecule has 1 fully saturated rings. The highest BCUT2D eigenvalue weighted by Gasteiger charge is 2.20. The molecule has 1 nitrogen and oxygen atoms in total. The lowest BCUT2D eigenvalue weighted by Crippen LogP contribution is -2.15. The van der Waals surface area contributed by atoms with Gasteiger partial charge in [0.1, 0.15) is 11.6 Å². The van der Waals surface area contributed by atoms with Crippen LogP contribution in [0.3, 0.4) is 0 Å². The molecule has 1 aliphatic rings. The van der Waals surface area contributed by atoms with Crippen LogP contribution in [0.25, 0.3) is 0 Å². The zero-order valence-electron chi connectivity index (χ0n) is 11.2. The van der Waals surface area contributed by atoms with Gasteiger partial charge in [-0.25, -0.2) is 8.78 Å². The SMILES string of the molecule is Fc1ccc(Sc2ccc(CNC3CC3)cc2Br)c(F)c1. The van der Waals surface area contributed by atoms with Crippen molar-refractivity contribution >= 4 is 27.7 Å². The zero-order valence-corrected chi connectivity index (χ0v) is 13.6. The summed E-state index contributed by atoms with van der Waals surface area (Å²) in [5.41, 5.74) is 1.19. The quantitative estimate of drug-likeness (QED) is 0.783. The van der Waals surface area contributed by atoms with Gasteiger partial charge in [0, 0.05) is 32.9 Å². The fourth-order valence-electron chi connectivity index (χ4n) is 1.96. The highest BCUT2D eigenvalue weighted by Crippen LogP contribution is 2.35. The minimum Gasteiger partial charge on any atom is -0.310 e. The van der Waals surface area contributed by atoms with Crippen molar-refractivity contribution in [2.75, 3.05) is 0 Å². The Bertz CT molecular complexity index is 659. The number of benzene rings is 2.